The van der Waals surface area contributed by atoms with Crippen molar-refractivity contribution in [3.05, 3.63) is 0 Å². The second-order valence-corrected chi connectivity index (χ2v) is 8.28. The molecule has 0 spiro atoms. The molecule has 2 saturated heterocycles. The van der Waals surface area contributed by atoms with E-state index in [2.05, 4.69) is 10.2 Å². The number of piperazine rings is 1. The first-order valence-corrected chi connectivity index (χ1v) is 9.72. The van der Waals surface area contributed by atoms with Crippen molar-refractivity contribution < 1.29 is 13.2 Å². The number of carbonyl (C=O) groups excluding carboxylic acids is 1. The predicted molar refractivity (Wildman–Crippen MR) is 83.0 cm³/mol. The van der Waals surface area contributed by atoms with E-state index >= 15 is 0 Å². The summed E-state index contributed by atoms with van der Waals surface area (Å²) >= 11 is 0. The van der Waals surface area contributed by atoms with Gasteiger partial charge in [0.2, 0.25) is 5.91 Å². The van der Waals surface area contributed by atoms with Gasteiger partial charge in [-0.1, -0.05) is 6.92 Å². The number of hydrogen-bond donors (Lipinski definition) is 1. The highest BCUT2D eigenvalue weighted by Gasteiger charge is 2.36. The van der Waals surface area contributed by atoms with Gasteiger partial charge in [0.1, 0.15) is 0 Å². The van der Waals surface area contributed by atoms with Crippen molar-refractivity contribution in [3.8, 4) is 0 Å². The van der Waals surface area contributed by atoms with E-state index in [-0.39, 0.29) is 29.5 Å². The topological polar surface area (TPSA) is 69.7 Å². The number of carbonyl (C=O) groups is 1. The SMILES string of the molecule is CCCN(C(=O)C(C)N1CCNCC1)C1CCS(=O)(=O)C1. The normalized spacial score (nSPS) is 27.4. The molecule has 1 N–H and O–H groups in total. The second kappa shape index (κ2) is 7.07. The first-order valence-electron chi connectivity index (χ1n) is 7.90. The van der Waals surface area contributed by atoms with E-state index < -0.39 is 9.84 Å². The smallest absolute Gasteiger partial charge is 0.239 e. The summed E-state index contributed by atoms with van der Waals surface area (Å²) < 4.78 is 23.4. The van der Waals surface area contributed by atoms with Gasteiger partial charge in [0.15, 0.2) is 9.84 Å². The van der Waals surface area contributed by atoms with Crippen LogP contribution in [0.1, 0.15) is 26.7 Å². The highest BCUT2D eigenvalue weighted by atomic mass is 32.2. The van der Waals surface area contributed by atoms with Crippen LogP contribution in [0.2, 0.25) is 0 Å². The maximum Gasteiger partial charge on any atom is 0.239 e. The molecule has 0 aromatic carbocycles. The third-order valence-electron chi connectivity index (χ3n) is 4.45. The van der Waals surface area contributed by atoms with Crippen LogP contribution >= 0.6 is 0 Å². The van der Waals surface area contributed by atoms with Gasteiger partial charge in [0.05, 0.1) is 17.5 Å². The summed E-state index contributed by atoms with van der Waals surface area (Å²) in [4.78, 5) is 16.8. The van der Waals surface area contributed by atoms with Gasteiger partial charge in [-0.3, -0.25) is 9.69 Å². The standard InChI is InChI=1S/C14H27N3O3S/c1-3-7-17(13-4-10-21(19,20)11-13)14(18)12(2)16-8-5-15-6-9-16/h12-13,15H,3-11H2,1-2H3. The number of nitrogens with zero attached hydrogens (tertiary/aromatic N) is 2. The van der Waals surface area contributed by atoms with E-state index in [0.29, 0.717) is 13.0 Å². The van der Waals surface area contributed by atoms with Gasteiger partial charge in [0, 0.05) is 38.8 Å². The lowest BCUT2D eigenvalue weighted by Gasteiger charge is -2.37. The Bertz CT molecular complexity index is 460. The van der Waals surface area contributed by atoms with Gasteiger partial charge in [0.25, 0.3) is 0 Å². The summed E-state index contributed by atoms with van der Waals surface area (Å²) in [6, 6.07) is -0.297. The van der Waals surface area contributed by atoms with E-state index in [1.165, 1.54) is 0 Å². The monoisotopic (exact) mass is 317 g/mol. The average Bonchev–Trinajstić information content (AvgIpc) is 2.84. The molecule has 0 aromatic heterocycles. The summed E-state index contributed by atoms with van der Waals surface area (Å²) in [5, 5.41) is 3.28. The summed E-state index contributed by atoms with van der Waals surface area (Å²) in [6.45, 7) is 8.17. The molecule has 2 aliphatic heterocycles. The van der Waals surface area contributed by atoms with Crippen LogP contribution in [0, 0.1) is 0 Å². The summed E-state index contributed by atoms with van der Waals surface area (Å²) in [5.74, 6) is 0.432. The second-order valence-electron chi connectivity index (χ2n) is 6.05. The Hall–Kier alpha value is -0.660. The molecule has 0 bridgehead atoms. The van der Waals surface area contributed by atoms with Crippen LogP contribution in [-0.4, -0.2) is 80.4 Å². The molecule has 21 heavy (non-hydrogen) atoms. The fourth-order valence-corrected chi connectivity index (χ4v) is 4.93. The minimum absolute atomic E-state index is 0.0841. The zero-order valence-corrected chi connectivity index (χ0v) is 13.9. The first-order chi connectivity index (χ1) is 9.94. The molecule has 0 radical (unpaired) electrons. The quantitative estimate of drug-likeness (QED) is 0.754. The molecule has 2 aliphatic rings. The maximum absolute atomic E-state index is 12.8. The molecule has 2 atom stereocenters. The van der Waals surface area contributed by atoms with Crippen LogP contribution in [-0.2, 0) is 14.6 Å². The van der Waals surface area contributed by atoms with E-state index in [1.54, 1.807) is 0 Å². The third kappa shape index (κ3) is 4.17. The molecule has 0 aromatic rings. The van der Waals surface area contributed by atoms with Crippen molar-refractivity contribution in [2.45, 2.75) is 38.8 Å². The van der Waals surface area contributed by atoms with Crippen LogP contribution in [0.25, 0.3) is 0 Å². The van der Waals surface area contributed by atoms with Gasteiger partial charge in [-0.05, 0) is 19.8 Å². The molecule has 2 unspecified atom stereocenters. The van der Waals surface area contributed by atoms with Gasteiger partial charge in [-0.15, -0.1) is 0 Å². The minimum Gasteiger partial charge on any atom is -0.337 e. The van der Waals surface area contributed by atoms with E-state index in [1.807, 2.05) is 18.7 Å². The lowest BCUT2D eigenvalue weighted by Crippen LogP contribution is -2.55. The van der Waals surface area contributed by atoms with Crippen molar-refractivity contribution in [2.75, 3.05) is 44.2 Å². The van der Waals surface area contributed by atoms with Crippen LogP contribution in [0.15, 0.2) is 0 Å². The van der Waals surface area contributed by atoms with Crippen LogP contribution in [0.5, 0.6) is 0 Å². The van der Waals surface area contributed by atoms with Crippen molar-refractivity contribution in [3.63, 3.8) is 0 Å². The number of rotatable bonds is 5. The molecule has 0 saturated carbocycles. The number of sulfone groups is 1. The third-order valence-corrected chi connectivity index (χ3v) is 6.20. The van der Waals surface area contributed by atoms with Crippen molar-refractivity contribution in [1.82, 2.24) is 15.1 Å². The van der Waals surface area contributed by atoms with E-state index in [0.717, 1.165) is 32.6 Å². The molecule has 0 aliphatic carbocycles. The van der Waals surface area contributed by atoms with Gasteiger partial charge >= 0.3 is 0 Å². The molecule has 6 nitrogen and oxygen atoms in total. The Kier molecular flexibility index (Phi) is 5.62. The van der Waals surface area contributed by atoms with Crippen LogP contribution in [0.4, 0.5) is 0 Å². The predicted octanol–water partition coefficient (Wildman–Crippen LogP) is -0.294. The van der Waals surface area contributed by atoms with Gasteiger partial charge < -0.3 is 10.2 Å². The maximum atomic E-state index is 12.8. The Balaban J connectivity index is 2.04. The number of hydrogen-bond acceptors (Lipinski definition) is 5. The van der Waals surface area contributed by atoms with Crippen molar-refractivity contribution in [2.24, 2.45) is 0 Å². The fraction of sp³-hybridized carbons (Fsp3) is 0.929. The lowest BCUT2D eigenvalue weighted by atomic mass is 10.1. The van der Waals surface area contributed by atoms with Gasteiger partial charge in [-0.25, -0.2) is 8.42 Å². The molecule has 2 heterocycles. The van der Waals surface area contributed by atoms with Crippen LogP contribution in [0.3, 0.4) is 0 Å². The fourth-order valence-electron chi connectivity index (χ4n) is 3.20. The van der Waals surface area contributed by atoms with Gasteiger partial charge in [-0.2, -0.15) is 0 Å². The minimum atomic E-state index is -2.96. The molecule has 122 valence electrons. The Morgan fingerprint density at radius 1 is 1.38 bits per heavy atom. The molecule has 7 heteroatoms. The number of nitrogens with one attached hydrogen (secondary N) is 1. The summed E-state index contributed by atoms with van der Waals surface area (Å²) in [5.41, 5.74) is 0. The van der Waals surface area contributed by atoms with Crippen LogP contribution < -0.4 is 5.32 Å². The molecular formula is C14H27N3O3S. The molecule has 2 fully saturated rings. The van der Waals surface area contributed by atoms with E-state index in [9.17, 15) is 13.2 Å². The Morgan fingerprint density at radius 3 is 2.57 bits per heavy atom. The zero-order valence-electron chi connectivity index (χ0n) is 13.0. The van der Waals surface area contributed by atoms with E-state index in [4.69, 9.17) is 0 Å². The highest BCUT2D eigenvalue weighted by Crippen LogP contribution is 2.20. The lowest BCUT2D eigenvalue weighted by molar-refractivity contribution is -0.138. The molecule has 2 rings (SSSR count). The zero-order chi connectivity index (χ0) is 15.5. The molecule has 1 amide bonds. The average molecular weight is 317 g/mol. The largest absolute Gasteiger partial charge is 0.337 e. The Morgan fingerprint density at radius 2 is 2.05 bits per heavy atom. The molecular weight excluding hydrogens is 290 g/mol. The first kappa shape index (κ1) is 16.7. The van der Waals surface area contributed by atoms with Crippen molar-refractivity contribution >= 4 is 15.7 Å². The number of amides is 1. The summed E-state index contributed by atoms with van der Waals surface area (Å²) in [7, 11) is -2.96. The summed E-state index contributed by atoms with van der Waals surface area (Å²) in [6.07, 6.45) is 1.44. The van der Waals surface area contributed by atoms with Crippen molar-refractivity contribution in [1.29, 1.82) is 0 Å². The Labute approximate surface area is 127 Å². The highest BCUT2D eigenvalue weighted by molar-refractivity contribution is 7.91.